The summed E-state index contributed by atoms with van der Waals surface area (Å²) in [5.74, 6) is -0.258. The number of hydrogen-bond acceptors (Lipinski definition) is 1. The lowest BCUT2D eigenvalue weighted by atomic mass is 10.2. The minimum Gasteiger partial charge on any atom is -0.326 e. The van der Waals surface area contributed by atoms with Gasteiger partial charge in [0.2, 0.25) is 0 Å². The predicted octanol–water partition coefficient (Wildman–Crippen LogP) is 2.65. The monoisotopic (exact) mass is 329 g/mol. The van der Waals surface area contributed by atoms with Crippen molar-refractivity contribution in [3.8, 4) is 0 Å². The molecule has 0 radical (unpaired) electrons. The minimum absolute atomic E-state index is 0.258. The molecule has 0 saturated carbocycles. The van der Waals surface area contributed by atoms with Gasteiger partial charge in [0.25, 0.3) is 0 Å². The Morgan fingerprint density at radius 2 is 2.18 bits per heavy atom. The van der Waals surface area contributed by atoms with Crippen LogP contribution in [0.15, 0.2) is 16.6 Å². The molecule has 0 amide bonds. The second-order valence-corrected chi connectivity index (χ2v) is 4.08. The second kappa shape index (κ2) is 3.82. The second-order valence-electron chi connectivity index (χ2n) is 2.06. The normalized spacial score (nSPS) is 10.2. The fourth-order valence-corrected chi connectivity index (χ4v) is 2.18. The highest BCUT2D eigenvalue weighted by Crippen LogP contribution is 2.21. The van der Waals surface area contributed by atoms with Gasteiger partial charge in [0, 0.05) is 10.1 Å². The molecule has 0 aliphatic rings. The van der Waals surface area contributed by atoms with Gasteiger partial charge >= 0.3 is 0 Å². The molecule has 0 atom stereocenters. The molecule has 0 fully saturated rings. The maximum absolute atomic E-state index is 12.8. The molecule has 0 unspecified atom stereocenters. The molecule has 0 aliphatic carbocycles. The molecule has 0 saturated heterocycles. The molecule has 60 valence electrons. The summed E-state index contributed by atoms with van der Waals surface area (Å²) in [5.41, 5.74) is 6.22. The van der Waals surface area contributed by atoms with Crippen molar-refractivity contribution < 1.29 is 4.39 Å². The van der Waals surface area contributed by atoms with Crippen LogP contribution >= 0.6 is 38.5 Å². The molecule has 0 spiro atoms. The molecule has 0 aliphatic heterocycles. The van der Waals surface area contributed by atoms with Crippen molar-refractivity contribution in [1.29, 1.82) is 0 Å². The van der Waals surface area contributed by atoms with Crippen LogP contribution in [0.25, 0.3) is 0 Å². The van der Waals surface area contributed by atoms with E-state index in [9.17, 15) is 4.39 Å². The summed E-state index contributed by atoms with van der Waals surface area (Å²) in [4.78, 5) is 0. The third kappa shape index (κ3) is 2.13. The van der Waals surface area contributed by atoms with E-state index in [1.165, 1.54) is 6.07 Å². The van der Waals surface area contributed by atoms with Crippen LogP contribution in [-0.2, 0) is 6.54 Å². The first-order valence-electron chi connectivity index (χ1n) is 2.98. The maximum Gasteiger partial charge on any atom is 0.137 e. The molecule has 0 heterocycles. The van der Waals surface area contributed by atoms with Crippen LogP contribution in [0.4, 0.5) is 4.39 Å². The van der Waals surface area contributed by atoms with Gasteiger partial charge in [-0.3, -0.25) is 0 Å². The van der Waals surface area contributed by atoms with Crippen molar-refractivity contribution in [3.63, 3.8) is 0 Å². The van der Waals surface area contributed by atoms with Gasteiger partial charge < -0.3 is 5.73 Å². The first kappa shape index (κ1) is 9.41. The van der Waals surface area contributed by atoms with Crippen molar-refractivity contribution in [2.45, 2.75) is 6.54 Å². The Bertz CT molecular complexity index is 277. The Morgan fingerprint density at radius 3 is 2.73 bits per heavy atom. The van der Waals surface area contributed by atoms with E-state index in [2.05, 4.69) is 38.5 Å². The SMILES string of the molecule is NCc1cc(F)c(Br)cc1I. The predicted molar refractivity (Wildman–Crippen MR) is 54.7 cm³/mol. The minimum atomic E-state index is -0.258. The molecule has 2 N–H and O–H groups in total. The van der Waals surface area contributed by atoms with E-state index < -0.39 is 0 Å². The van der Waals surface area contributed by atoms with Crippen molar-refractivity contribution in [2.75, 3.05) is 0 Å². The van der Waals surface area contributed by atoms with Gasteiger partial charge in [0.15, 0.2) is 0 Å². The zero-order valence-electron chi connectivity index (χ0n) is 5.57. The van der Waals surface area contributed by atoms with Gasteiger partial charge in [-0.2, -0.15) is 0 Å². The zero-order valence-corrected chi connectivity index (χ0v) is 9.32. The van der Waals surface area contributed by atoms with Crippen molar-refractivity contribution in [3.05, 3.63) is 31.6 Å². The summed E-state index contributed by atoms with van der Waals surface area (Å²) < 4.78 is 14.3. The maximum atomic E-state index is 12.8. The van der Waals surface area contributed by atoms with E-state index >= 15 is 0 Å². The summed E-state index contributed by atoms with van der Waals surface area (Å²) in [6.07, 6.45) is 0. The molecule has 11 heavy (non-hydrogen) atoms. The van der Waals surface area contributed by atoms with E-state index in [0.29, 0.717) is 11.0 Å². The molecule has 1 rings (SSSR count). The van der Waals surface area contributed by atoms with Crippen LogP contribution in [0.1, 0.15) is 5.56 Å². The van der Waals surface area contributed by atoms with Crippen molar-refractivity contribution in [2.24, 2.45) is 5.73 Å². The van der Waals surface area contributed by atoms with Crippen molar-refractivity contribution >= 4 is 38.5 Å². The fraction of sp³-hybridized carbons (Fsp3) is 0.143. The molecule has 1 aromatic carbocycles. The number of rotatable bonds is 1. The third-order valence-corrected chi connectivity index (χ3v) is 2.92. The zero-order chi connectivity index (χ0) is 8.43. The highest BCUT2D eigenvalue weighted by Gasteiger charge is 2.03. The summed E-state index contributed by atoms with van der Waals surface area (Å²) >= 11 is 5.21. The van der Waals surface area contributed by atoms with Crippen LogP contribution in [0, 0.1) is 9.39 Å². The van der Waals surface area contributed by atoms with E-state index in [-0.39, 0.29) is 5.82 Å². The van der Waals surface area contributed by atoms with Gasteiger partial charge in [0.05, 0.1) is 4.47 Å². The average Bonchev–Trinajstić information content (AvgIpc) is 1.97. The molecule has 1 nitrogen and oxygen atoms in total. The van der Waals surface area contributed by atoms with Crippen LogP contribution in [-0.4, -0.2) is 0 Å². The van der Waals surface area contributed by atoms with Gasteiger partial charge in [-0.05, 0) is 56.2 Å². The standard InChI is InChI=1S/C7H6BrFIN/c8-5-2-7(10)4(3-11)1-6(5)9/h1-2H,3,11H2. The van der Waals surface area contributed by atoms with Crippen LogP contribution in [0.5, 0.6) is 0 Å². The summed E-state index contributed by atoms with van der Waals surface area (Å²) in [6, 6.07) is 3.17. The van der Waals surface area contributed by atoms with Crippen LogP contribution < -0.4 is 5.73 Å². The highest BCUT2D eigenvalue weighted by molar-refractivity contribution is 14.1. The van der Waals surface area contributed by atoms with E-state index in [1.807, 2.05) is 0 Å². The van der Waals surface area contributed by atoms with Crippen LogP contribution in [0.2, 0.25) is 0 Å². The smallest absolute Gasteiger partial charge is 0.137 e. The largest absolute Gasteiger partial charge is 0.326 e. The topological polar surface area (TPSA) is 26.0 Å². The molecular weight excluding hydrogens is 324 g/mol. The molecular formula is C7H6BrFIN. The Morgan fingerprint density at radius 1 is 1.55 bits per heavy atom. The molecule has 0 bridgehead atoms. The summed E-state index contributed by atoms with van der Waals surface area (Å²) in [7, 11) is 0. The number of benzene rings is 1. The first-order chi connectivity index (χ1) is 5.15. The fourth-order valence-electron chi connectivity index (χ4n) is 0.720. The lowest BCUT2D eigenvalue weighted by Gasteiger charge is -2.02. The third-order valence-electron chi connectivity index (χ3n) is 1.31. The quantitative estimate of drug-likeness (QED) is 0.622. The Balaban J connectivity index is 3.21. The number of halogens is 3. The number of nitrogens with two attached hydrogens (primary N) is 1. The Hall–Kier alpha value is 0.320. The van der Waals surface area contributed by atoms with E-state index in [4.69, 9.17) is 5.73 Å². The van der Waals surface area contributed by atoms with Gasteiger partial charge in [-0.1, -0.05) is 0 Å². The number of hydrogen-bond donors (Lipinski definition) is 1. The molecule has 4 heteroatoms. The highest BCUT2D eigenvalue weighted by atomic mass is 127. The Labute approximate surface area is 86.4 Å². The lowest BCUT2D eigenvalue weighted by molar-refractivity contribution is 0.618. The lowest BCUT2D eigenvalue weighted by Crippen LogP contribution is -1.99. The summed E-state index contributed by atoms with van der Waals surface area (Å²) in [6.45, 7) is 0.377. The molecule has 1 aromatic rings. The van der Waals surface area contributed by atoms with E-state index in [1.54, 1.807) is 6.07 Å². The van der Waals surface area contributed by atoms with Gasteiger partial charge in [-0.25, -0.2) is 4.39 Å². The first-order valence-corrected chi connectivity index (χ1v) is 4.86. The van der Waals surface area contributed by atoms with Gasteiger partial charge in [-0.15, -0.1) is 0 Å². The van der Waals surface area contributed by atoms with E-state index in [0.717, 1.165) is 9.13 Å². The van der Waals surface area contributed by atoms with Crippen LogP contribution in [0.3, 0.4) is 0 Å². The van der Waals surface area contributed by atoms with Crippen molar-refractivity contribution in [1.82, 2.24) is 0 Å². The van der Waals surface area contributed by atoms with Gasteiger partial charge in [0.1, 0.15) is 5.82 Å². The summed E-state index contributed by atoms with van der Waals surface area (Å²) in [5, 5.41) is 0. The Kier molecular flexibility index (Phi) is 3.27. The average molecular weight is 330 g/mol. The molecule has 0 aromatic heterocycles.